The van der Waals surface area contributed by atoms with Gasteiger partial charge in [-0.3, -0.25) is 9.59 Å². The lowest BCUT2D eigenvalue weighted by molar-refractivity contribution is -0.147. The molecule has 0 aliphatic carbocycles. The van der Waals surface area contributed by atoms with E-state index >= 15 is 0 Å². The standard InChI is InChI=1S/C8H13NO6/c10-3-1-2-6(11)9-5(8(14)15)4-7(12)13/h5,10H,1-4H2,(H,9,11)(H,12,13)(H,14,15). The van der Waals surface area contributed by atoms with E-state index in [1.165, 1.54) is 0 Å². The normalized spacial score (nSPS) is 11.8. The number of carboxylic acids is 2. The third-order valence-electron chi connectivity index (χ3n) is 1.57. The van der Waals surface area contributed by atoms with E-state index in [4.69, 9.17) is 15.3 Å². The van der Waals surface area contributed by atoms with E-state index in [1.807, 2.05) is 0 Å². The molecule has 0 heterocycles. The summed E-state index contributed by atoms with van der Waals surface area (Å²) in [5, 5.41) is 27.4. The predicted molar refractivity (Wildman–Crippen MR) is 48.1 cm³/mol. The first kappa shape index (κ1) is 13.4. The van der Waals surface area contributed by atoms with Crippen LogP contribution in [0, 0.1) is 0 Å². The van der Waals surface area contributed by atoms with E-state index in [2.05, 4.69) is 5.32 Å². The van der Waals surface area contributed by atoms with Crippen molar-refractivity contribution in [2.75, 3.05) is 6.61 Å². The van der Waals surface area contributed by atoms with Crippen LogP contribution in [0.15, 0.2) is 0 Å². The highest BCUT2D eigenvalue weighted by atomic mass is 16.4. The lowest BCUT2D eigenvalue weighted by atomic mass is 10.2. The van der Waals surface area contributed by atoms with Crippen LogP contribution in [0.5, 0.6) is 0 Å². The molecule has 0 aromatic heterocycles. The van der Waals surface area contributed by atoms with Crippen LogP contribution in [-0.2, 0) is 14.4 Å². The third-order valence-corrected chi connectivity index (χ3v) is 1.57. The zero-order chi connectivity index (χ0) is 11.8. The fourth-order valence-corrected chi connectivity index (χ4v) is 0.881. The van der Waals surface area contributed by atoms with Crippen molar-refractivity contribution in [3.8, 4) is 0 Å². The quantitative estimate of drug-likeness (QED) is 0.426. The summed E-state index contributed by atoms with van der Waals surface area (Å²) in [6.07, 6.45) is -0.481. The smallest absolute Gasteiger partial charge is 0.326 e. The first-order chi connectivity index (χ1) is 6.97. The maximum atomic E-state index is 11.0. The largest absolute Gasteiger partial charge is 0.481 e. The fourth-order valence-electron chi connectivity index (χ4n) is 0.881. The molecule has 0 bridgehead atoms. The van der Waals surface area contributed by atoms with Crippen LogP contribution in [-0.4, -0.2) is 45.8 Å². The lowest BCUT2D eigenvalue weighted by Crippen LogP contribution is -2.42. The van der Waals surface area contributed by atoms with Crippen LogP contribution in [0.4, 0.5) is 0 Å². The topological polar surface area (TPSA) is 124 Å². The van der Waals surface area contributed by atoms with Gasteiger partial charge in [-0.2, -0.15) is 0 Å². The van der Waals surface area contributed by atoms with E-state index in [1.54, 1.807) is 0 Å². The summed E-state index contributed by atoms with van der Waals surface area (Å²) in [5.74, 6) is -3.28. The monoisotopic (exact) mass is 219 g/mol. The molecule has 0 aliphatic heterocycles. The second-order valence-electron chi connectivity index (χ2n) is 2.88. The van der Waals surface area contributed by atoms with Crippen molar-refractivity contribution < 1.29 is 29.7 Å². The van der Waals surface area contributed by atoms with Crippen molar-refractivity contribution in [1.29, 1.82) is 0 Å². The summed E-state index contributed by atoms with van der Waals surface area (Å²) in [5.41, 5.74) is 0. The molecule has 1 amide bonds. The molecule has 0 rings (SSSR count). The third kappa shape index (κ3) is 6.44. The van der Waals surface area contributed by atoms with Gasteiger partial charge in [0.1, 0.15) is 6.04 Å². The van der Waals surface area contributed by atoms with Gasteiger partial charge in [0, 0.05) is 13.0 Å². The zero-order valence-corrected chi connectivity index (χ0v) is 7.97. The van der Waals surface area contributed by atoms with Crippen molar-refractivity contribution in [2.24, 2.45) is 0 Å². The zero-order valence-electron chi connectivity index (χ0n) is 7.97. The van der Waals surface area contributed by atoms with Crippen molar-refractivity contribution >= 4 is 17.8 Å². The van der Waals surface area contributed by atoms with Gasteiger partial charge in [-0.1, -0.05) is 0 Å². The summed E-state index contributed by atoms with van der Waals surface area (Å²) in [6, 6.07) is -1.42. The van der Waals surface area contributed by atoms with Gasteiger partial charge in [0.15, 0.2) is 0 Å². The molecule has 7 nitrogen and oxygen atoms in total. The summed E-state index contributed by atoms with van der Waals surface area (Å²) < 4.78 is 0. The average Bonchev–Trinajstić information content (AvgIpc) is 2.12. The van der Waals surface area contributed by atoms with Gasteiger partial charge in [0.05, 0.1) is 6.42 Å². The summed E-state index contributed by atoms with van der Waals surface area (Å²) in [4.78, 5) is 31.8. The molecule has 0 radical (unpaired) electrons. The van der Waals surface area contributed by atoms with Crippen molar-refractivity contribution in [3.05, 3.63) is 0 Å². The number of hydrogen-bond acceptors (Lipinski definition) is 4. The molecule has 86 valence electrons. The second-order valence-corrected chi connectivity index (χ2v) is 2.88. The van der Waals surface area contributed by atoms with E-state index in [9.17, 15) is 14.4 Å². The Bertz CT molecular complexity index is 252. The first-order valence-corrected chi connectivity index (χ1v) is 4.32. The van der Waals surface area contributed by atoms with Gasteiger partial charge >= 0.3 is 11.9 Å². The highest BCUT2D eigenvalue weighted by Crippen LogP contribution is 1.95. The van der Waals surface area contributed by atoms with E-state index in [0.29, 0.717) is 0 Å². The van der Waals surface area contributed by atoms with Crippen LogP contribution in [0.2, 0.25) is 0 Å². The van der Waals surface area contributed by atoms with E-state index < -0.39 is 30.3 Å². The average molecular weight is 219 g/mol. The molecule has 15 heavy (non-hydrogen) atoms. The molecule has 0 saturated carbocycles. The molecular weight excluding hydrogens is 206 g/mol. The number of carbonyl (C=O) groups excluding carboxylic acids is 1. The van der Waals surface area contributed by atoms with Crippen molar-refractivity contribution in [3.63, 3.8) is 0 Å². The minimum Gasteiger partial charge on any atom is -0.481 e. The second kappa shape index (κ2) is 6.77. The molecule has 1 unspecified atom stereocenters. The van der Waals surface area contributed by atoms with Gasteiger partial charge in [-0.15, -0.1) is 0 Å². The summed E-state index contributed by atoms with van der Waals surface area (Å²) in [6.45, 7) is -0.176. The highest BCUT2D eigenvalue weighted by Gasteiger charge is 2.22. The SMILES string of the molecule is O=C(O)CC(NC(=O)CCCO)C(=O)O. The Morgan fingerprint density at radius 2 is 1.80 bits per heavy atom. The minimum atomic E-state index is -1.42. The molecule has 0 fully saturated rings. The van der Waals surface area contributed by atoms with E-state index in [-0.39, 0.29) is 19.4 Å². The van der Waals surface area contributed by atoms with Crippen molar-refractivity contribution in [1.82, 2.24) is 5.32 Å². The molecule has 0 aliphatic rings. The van der Waals surface area contributed by atoms with Gasteiger partial charge in [0.25, 0.3) is 0 Å². The summed E-state index contributed by atoms with van der Waals surface area (Å²) >= 11 is 0. The Morgan fingerprint density at radius 1 is 1.20 bits per heavy atom. The van der Waals surface area contributed by atoms with Crippen LogP contribution in [0.1, 0.15) is 19.3 Å². The number of rotatable bonds is 7. The van der Waals surface area contributed by atoms with Crippen LogP contribution < -0.4 is 5.32 Å². The molecule has 1 atom stereocenters. The highest BCUT2D eigenvalue weighted by molar-refractivity contribution is 5.86. The van der Waals surface area contributed by atoms with Crippen LogP contribution in [0.3, 0.4) is 0 Å². The summed E-state index contributed by atoms with van der Waals surface area (Å²) in [7, 11) is 0. The fraction of sp³-hybridized carbons (Fsp3) is 0.625. The molecule has 0 saturated heterocycles. The number of carbonyl (C=O) groups is 3. The predicted octanol–water partition coefficient (Wildman–Crippen LogP) is -1.20. The molecule has 0 aromatic rings. The number of aliphatic hydroxyl groups is 1. The Hall–Kier alpha value is -1.63. The van der Waals surface area contributed by atoms with E-state index in [0.717, 1.165) is 0 Å². The van der Waals surface area contributed by atoms with Crippen molar-refractivity contribution in [2.45, 2.75) is 25.3 Å². The minimum absolute atomic E-state index is 0.0279. The Morgan fingerprint density at radius 3 is 2.20 bits per heavy atom. The lowest BCUT2D eigenvalue weighted by Gasteiger charge is -2.11. The Balaban J connectivity index is 4.10. The number of nitrogens with one attached hydrogen (secondary N) is 1. The number of aliphatic hydroxyl groups excluding tert-OH is 1. The molecule has 0 spiro atoms. The van der Waals surface area contributed by atoms with Crippen LogP contribution >= 0.6 is 0 Å². The Kier molecular flexibility index (Phi) is 6.03. The maximum Gasteiger partial charge on any atom is 0.326 e. The molecular formula is C8H13NO6. The molecule has 0 aromatic carbocycles. The van der Waals surface area contributed by atoms with Gasteiger partial charge in [-0.25, -0.2) is 4.79 Å². The maximum absolute atomic E-state index is 11.0. The number of carboxylic acid groups (broad SMARTS) is 2. The van der Waals surface area contributed by atoms with Gasteiger partial charge in [0.2, 0.25) is 5.91 Å². The number of hydrogen-bond donors (Lipinski definition) is 4. The molecule has 4 N–H and O–H groups in total. The van der Waals surface area contributed by atoms with Crippen LogP contribution in [0.25, 0.3) is 0 Å². The van der Waals surface area contributed by atoms with Gasteiger partial charge < -0.3 is 20.6 Å². The number of aliphatic carboxylic acids is 2. The van der Waals surface area contributed by atoms with Gasteiger partial charge in [-0.05, 0) is 6.42 Å². The number of amides is 1. The molecule has 7 heteroatoms. The Labute approximate surface area is 85.7 Å². The first-order valence-electron chi connectivity index (χ1n) is 4.32.